The van der Waals surface area contributed by atoms with Gasteiger partial charge in [-0.15, -0.1) is 0 Å². The third-order valence-electron chi connectivity index (χ3n) is 5.75. The van der Waals surface area contributed by atoms with Gasteiger partial charge >= 0.3 is 6.03 Å². The van der Waals surface area contributed by atoms with Crippen molar-refractivity contribution in [3.63, 3.8) is 0 Å². The highest BCUT2D eigenvalue weighted by Gasteiger charge is 2.46. The lowest BCUT2D eigenvalue weighted by Gasteiger charge is -2.20. The number of benzene rings is 1. The van der Waals surface area contributed by atoms with Crippen molar-refractivity contribution < 1.29 is 24.2 Å². The summed E-state index contributed by atoms with van der Waals surface area (Å²) in [5, 5.41) is 19.7. The molecule has 0 unspecified atom stereocenters. The van der Waals surface area contributed by atoms with Crippen molar-refractivity contribution in [2.75, 3.05) is 7.11 Å². The van der Waals surface area contributed by atoms with E-state index >= 15 is 0 Å². The monoisotopic (exact) mass is 459 g/mol. The molecule has 1 saturated heterocycles. The molecule has 3 heterocycles. The van der Waals surface area contributed by atoms with Crippen molar-refractivity contribution >= 4 is 28.6 Å². The molecule has 5 rings (SSSR count). The summed E-state index contributed by atoms with van der Waals surface area (Å²) in [4.78, 5) is 41.0. The molecule has 1 atom stereocenters. The number of hydrogen-bond donors (Lipinski definition) is 4. The number of nitrogens with one attached hydrogen (secondary N) is 3. The lowest BCUT2D eigenvalue weighted by Crippen LogP contribution is -2.49. The fourth-order valence-electron chi connectivity index (χ4n) is 3.73. The van der Waals surface area contributed by atoms with E-state index in [1.807, 2.05) is 0 Å². The van der Waals surface area contributed by atoms with Crippen LogP contribution in [0.3, 0.4) is 0 Å². The van der Waals surface area contributed by atoms with E-state index in [-0.39, 0.29) is 30.1 Å². The molecular formula is C24H21N5O5. The van der Waals surface area contributed by atoms with Gasteiger partial charge in [0.2, 0.25) is 5.54 Å². The predicted molar refractivity (Wildman–Crippen MR) is 121 cm³/mol. The summed E-state index contributed by atoms with van der Waals surface area (Å²) in [5.74, 6) is 5.30. The molecule has 10 nitrogen and oxygen atoms in total. The van der Waals surface area contributed by atoms with E-state index in [1.54, 1.807) is 36.5 Å². The molecule has 2 fully saturated rings. The van der Waals surface area contributed by atoms with Crippen LogP contribution < -0.4 is 20.7 Å². The summed E-state index contributed by atoms with van der Waals surface area (Å²) >= 11 is 0. The lowest BCUT2D eigenvalue weighted by molar-refractivity contribution is -0.122. The van der Waals surface area contributed by atoms with Crippen LogP contribution in [0, 0.1) is 11.8 Å². The molecule has 4 amide bonds. The van der Waals surface area contributed by atoms with Gasteiger partial charge in [-0.1, -0.05) is 11.8 Å². The van der Waals surface area contributed by atoms with Gasteiger partial charge in [0.25, 0.3) is 11.8 Å². The van der Waals surface area contributed by atoms with E-state index in [2.05, 4.69) is 32.8 Å². The van der Waals surface area contributed by atoms with Gasteiger partial charge in [-0.25, -0.2) is 9.78 Å². The molecule has 1 saturated carbocycles. The number of fused-ring (bicyclic) bond motifs is 1. The molecule has 1 aliphatic heterocycles. The van der Waals surface area contributed by atoms with Crippen molar-refractivity contribution in [2.24, 2.45) is 0 Å². The van der Waals surface area contributed by atoms with Crippen molar-refractivity contribution in [1.82, 2.24) is 25.5 Å². The maximum Gasteiger partial charge on any atom is 0.323 e. The maximum atomic E-state index is 12.7. The molecule has 3 aromatic rings. The quantitative estimate of drug-likeness (QED) is 0.335. The van der Waals surface area contributed by atoms with Gasteiger partial charge in [0.05, 0.1) is 13.7 Å². The van der Waals surface area contributed by atoms with E-state index in [0.717, 1.165) is 18.2 Å². The molecule has 1 aliphatic carbocycles. The van der Waals surface area contributed by atoms with Crippen molar-refractivity contribution in [3.05, 3.63) is 54.0 Å². The second-order valence-corrected chi connectivity index (χ2v) is 8.28. The predicted octanol–water partition coefficient (Wildman–Crippen LogP) is 1.27. The Bertz CT molecular complexity index is 1380. The van der Waals surface area contributed by atoms with Crippen LogP contribution >= 0.6 is 0 Å². The van der Waals surface area contributed by atoms with Gasteiger partial charge in [0, 0.05) is 34.8 Å². The van der Waals surface area contributed by atoms with Gasteiger partial charge in [0.15, 0.2) is 5.88 Å². The van der Waals surface area contributed by atoms with E-state index in [1.165, 1.54) is 17.9 Å². The summed E-state index contributed by atoms with van der Waals surface area (Å²) in [5.41, 5.74) is -0.878. The van der Waals surface area contributed by atoms with Crippen molar-refractivity contribution in [2.45, 2.75) is 31.0 Å². The Morgan fingerprint density at radius 3 is 2.79 bits per heavy atom. The van der Waals surface area contributed by atoms with E-state index in [4.69, 9.17) is 4.74 Å². The van der Waals surface area contributed by atoms with Crippen LogP contribution in [0.15, 0.2) is 42.7 Å². The number of amides is 4. The third kappa shape index (κ3) is 3.99. The number of hydrogen-bond acceptors (Lipinski definition) is 6. The Labute approximate surface area is 194 Å². The number of aromatic nitrogens is 2. The molecule has 172 valence electrons. The first kappa shape index (κ1) is 21.3. The number of carbonyl (C=O) groups is 3. The van der Waals surface area contributed by atoms with E-state index < -0.39 is 17.5 Å². The zero-order valence-corrected chi connectivity index (χ0v) is 18.2. The first-order valence-corrected chi connectivity index (χ1v) is 10.7. The van der Waals surface area contributed by atoms with E-state index in [0.29, 0.717) is 16.7 Å². The summed E-state index contributed by atoms with van der Waals surface area (Å²) in [6, 6.07) is 7.94. The fraction of sp³-hybridized carbons (Fsp3) is 0.250. The number of methoxy groups -OCH3 is 1. The minimum Gasteiger partial charge on any atom is -0.497 e. The Hall–Kier alpha value is -4.52. The number of aromatic hydroxyl groups is 1. The molecule has 0 radical (unpaired) electrons. The molecule has 0 spiro atoms. The van der Waals surface area contributed by atoms with Gasteiger partial charge < -0.3 is 25.0 Å². The molecule has 34 heavy (non-hydrogen) atoms. The average Bonchev–Trinajstić information content (AvgIpc) is 3.53. The zero-order valence-electron chi connectivity index (χ0n) is 18.2. The van der Waals surface area contributed by atoms with Crippen LogP contribution in [0.25, 0.3) is 10.8 Å². The van der Waals surface area contributed by atoms with Crippen LogP contribution in [-0.2, 0) is 11.3 Å². The average molecular weight is 459 g/mol. The number of imide groups is 1. The molecule has 4 N–H and O–H groups in total. The number of rotatable bonds is 5. The third-order valence-corrected chi connectivity index (χ3v) is 5.75. The molecule has 2 aromatic heterocycles. The molecule has 10 heteroatoms. The second-order valence-electron chi connectivity index (χ2n) is 8.28. The first-order valence-electron chi connectivity index (χ1n) is 10.7. The second kappa shape index (κ2) is 8.12. The number of carbonyl (C=O) groups excluding carboxylic acids is 3. The molecular weight excluding hydrogens is 438 g/mol. The highest BCUT2D eigenvalue weighted by molar-refractivity contribution is 6.09. The Balaban J connectivity index is 1.44. The van der Waals surface area contributed by atoms with Crippen LogP contribution in [0.1, 0.15) is 28.9 Å². The standard InChI is InChI=1S/C24H21N5O5/c1-34-17-6-3-15-12-29(21(31)18(15)10-17)13-24(22(32)27-23(33)28-24)9-8-14-2-7-19(25-11-14)20(30)26-16-4-5-16/h2-3,6-7,10-12,16,31H,4-5,13H2,1H3,(H,26,30)(H2,27,28,32,33)/t24-/m1/s1. The topological polar surface area (TPSA) is 135 Å². The normalized spacial score (nSPS) is 19.2. The van der Waals surface area contributed by atoms with E-state index in [9.17, 15) is 19.5 Å². The van der Waals surface area contributed by atoms with Gasteiger partial charge in [0.1, 0.15) is 11.4 Å². The van der Waals surface area contributed by atoms with Crippen LogP contribution in [0.4, 0.5) is 4.79 Å². The Kier molecular flexibility index (Phi) is 5.09. The van der Waals surface area contributed by atoms with Crippen LogP contribution in [-0.4, -0.2) is 51.2 Å². The highest BCUT2D eigenvalue weighted by Crippen LogP contribution is 2.32. The summed E-state index contributed by atoms with van der Waals surface area (Å²) in [6.45, 7) is -0.129. The van der Waals surface area contributed by atoms with Gasteiger partial charge in [-0.2, -0.15) is 0 Å². The number of ether oxygens (including phenoxy) is 1. The van der Waals surface area contributed by atoms with Crippen molar-refractivity contribution in [1.29, 1.82) is 0 Å². The van der Waals surface area contributed by atoms with Gasteiger partial charge in [-0.05, 0) is 43.2 Å². The minimum absolute atomic E-state index is 0.0864. The van der Waals surface area contributed by atoms with Crippen molar-refractivity contribution in [3.8, 4) is 23.5 Å². The number of urea groups is 1. The molecule has 0 bridgehead atoms. The number of pyridine rings is 1. The summed E-state index contributed by atoms with van der Waals surface area (Å²) in [6.07, 6.45) is 5.06. The number of nitrogens with zero attached hydrogens (tertiary/aromatic N) is 2. The summed E-state index contributed by atoms with van der Waals surface area (Å²) in [7, 11) is 1.53. The molecule has 1 aromatic carbocycles. The highest BCUT2D eigenvalue weighted by atomic mass is 16.5. The minimum atomic E-state index is -1.62. The largest absolute Gasteiger partial charge is 0.497 e. The maximum absolute atomic E-state index is 12.7. The Morgan fingerprint density at radius 2 is 2.15 bits per heavy atom. The summed E-state index contributed by atoms with van der Waals surface area (Å²) < 4.78 is 6.66. The van der Waals surface area contributed by atoms with Crippen LogP contribution in [0.2, 0.25) is 0 Å². The Morgan fingerprint density at radius 1 is 1.32 bits per heavy atom. The smallest absolute Gasteiger partial charge is 0.323 e. The fourth-order valence-corrected chi connectivity index (χ4v) is 3.73. The SMILES string of the molecule is COc1ccc2cn(C[C@@]3(C#Cc4ccc(C(=O)NC5CC5)nc4)NC(=O)NC3=O)c(O)c2c1. The first-order chi connectivity index (χ1) is 16.4. The van der Waals surface area contributed by atoms with Gasteiger partial charge in [-0.3, -0.25) is 14.9 Å². The van der Waals surface area contributed by atoms with Crippen LogP contribution in [0.5, 0.6) is 11.6 Å². The zero-order chi connectivity index (χ0) is 23.9. The molecule has 2 aliphatic rings. The lowest BCUT2D eigenvalue weighted by atomic mass is 10.00.